The average molecular weight is 188 g/mol. The molecule has 0 amide bonds. The SMILES string of the molecule is Cc1cc(O)ccc1C1=CCCCC1. The number of phenols is 1. The summed E-state index contributed by atoms with van der Waals surface area (Å²) < 4.78 is 0. The van der Waals surface area contributed by atoms with Crippen molar-refractivity contribution in [3.63, 3.8) is 0 Å². The molecule has 0 radical (unpaired) electrons. The van der Waals surface area contributed by atoms with Crippen LogP contribution in [0.3, 0.4) is 0 Å². The van der Waals surface area contributed by atoms with E-state index in [1.807, 2.05) is 12.1 Å². The normalized spacial score (nSPS) is 16.5. The van der Waals surface area contributed by atoms with Gasteiger partial charge in [-0.05, 0) is 61.4 Å². The highest BCUT2D eigenvalue weighted by atomic mass is 16.3. The molecule has 0 aromatic heterocycles. The zero-order valence-corrected chi connectivity index (χ0v) is 8.59. The first-order valence-corrected chi connectivity index (χ1v) is 5.26. The molecule has 1 aromatic rings. The van der Waals surface area contributed by atoms with E-state index in [1.165, 1.54) is 42.4 Å². The van der Waals surface area contributed by atoms with E-state index >= 15 is 0 Å². The summed E-state index contributed by atoms with van der Waals surface area (Å²) in [4.78, 5) is 0. The van der Waals surface area contributed by atoms with Gasteiger partial charge in [-0.25, -0.2) is 0 Å². The summed E-state index contributed by atoms with van der Waals surface area (Å²) in [5.74, 6) is 0.364. The van der Waals surface area contributed by atoms with E-state index in [2.05, 4.69) is 13.0 Å². The molecule has 74 valence electrons. The number of hydrogen-bond donors (Lipinski definition) is 1. The monoisotopic (exact) mass is 188 g/mol. The van der Waals surface area contributed by atoms with Gasteiger partial charge < -0.3 is 5.11 Å². The molecule has 0 saturated heterocycles. The van der Waals surface area contributed by atoms with Gasteiger partial charge in [-0.2, -0.15) is 0 Å². The lowest BCUT2D eigenvalue weighted by Crippen LogP contribution is -1.93. The van der Waals surface area contributed by atoms with Gasteiger partial charge in [0.05, 0.1) is 0 Å². The predicted octanol–water partition coefficient (Wildman–Crippen LogP) is 3.66. The Kier molecular flexibility index (Phi) is 2.58. The molecular formula is C13H16O. The van der Waals surface area contributed by atoms with E-state index in [1.54, 1.807) is 6.07 Å². The van der Waals surface area contributed by atoms with Gasteiger partial charge >= 0.3 is 0 Å². The van der Waals surface area contributed by atoms with Crippen LogP contribution < -0.4 is 0 Å². The van der Waals surface area contributed by atoms with Crippen LogP contribution in [-0.2, 0) is 0 Å². The quantitative estimate of drug-likeness (QED) is 0.713. The number of allylic oxidation sites excluding steroid dienone is 2. The van der Waals surface area contributed by atoms with Crippen LogP contribution in [0.4, 0.5) is 0 Å². The topological polar surface area (TPSA) is 20.2 Å². The number of rotatable bonds is 1. The van der Waals surface area contributed by atoms with Crippen LogP contribution in [0.5, 0.6) is 5.75 Å². The predicted molar refractivity (Wildman–Crippen MR) is 59.3 cm³/mol. The molecule has 14 heavy (non-hydrogen) atoms. The van der Waals surface area contributed by atoms with Crippen LogP contribution in [0.15, 0.2) is 24.3 Å². The summed E-state index contributed by atoms with van der Waals surface area (Å²) in [6.45, 7) is 2.06. The second-order valence-corrected chi connectivity index (χ2v) is 3.97. The first-order chi connectivity index (χ1) is 6.77. The molecule has 1 heteroatoms. The molecule has 1 N–H and O–H groups in total. The van der Waals surface area contributed by atoms with E-state index in [4.69, 9.17) is 0 Å². The molecule has 1 nitrogen and oxygen atoms in total. The molecule has 1 aliphatic rings. The summed E-state index contributed by atoms with van der Waals surface area (Å²) in [5.41, 5.74) is 3.94. The summed E-state index contributed by atoms with van der Waals surface area (Å²) >= 11 is 0. The molecule has 1 aliphatic carbocycles. The maximum absolute atomic E-state index is 9.32. The molecule has 0 atom stereocenters. The van der Waals surface area contributed by atoms with Crippen molar-refractivity contribution in [2.75, 3.05) is 0 Å². The fraction of sp³-hybridized carbons (Fsp3) is 0.385. The molecule has 0 unspecified atom stereocenters. The van der Waals surface area contributed by atoms with E-state index in [-0.39, 0.29) is 0 Å². The Morgan fingerprint density at radius 2 is 2.07 bits per heavy atom. The standard InChI is InChI=1S/C13H16O/c1-10-9-12(14)7-8-13(10)11-5-3-2-4-6-11/h5,7-9,14H,2-4,6H2,1H3. The van der Waals surface area contributed by atoms with Crippen molar-refractivity contribution in [3.8, 4) is 5.75 Å². The van der Waals surface area contributed by atoms with Gasteiger partial charge in [0, 0.05) is 0 Å². The molecule has 0 spiro atoms. The van der Waals surface area contributed by atoms with Gasteiger partial charge in [-0.3, -0.25) is 0 Å². The van der Waals surface area contributed by atoms with Crippen molar-refractivity contribution in [2.24, 2.45) is 0 Å². The maximum atomic E-state index is 9.32. The molecule has 1 aromatic carbocycles. The molecule has 0 saturated carbocycles. The third-order valence-electron chi connectivity index (χ3n) is 2.85. The lowest BCUT2D eigenvalue weighted by Gasteiger charge is -2.15. The molecule has 0 aliphatic heterocycles. The van der Waals surface area contributed by atoms with Gasteiger partial charge in [0.1, 0.15) is 5.75 Å². The van der Waals surface area contributed by atoms with Crippen molar-refractivity contribution in [1.82, 2.24) is 0 Å². The molecule has 0 heterocycles. The number of aryl methyl sites for hydroxylation is 1. The Morgan fingerprint density at radius 1 is 1.21 bits per heavy atom. The minimum absolute atomic E-state index is 0.364. The summed E-state index contributed by atoms with van der Waals surface area (Å²) in [5, 5.41) is 9.32. The Bertz CT molecular complexity index is 363. The van der Waals surface area contributed by atoms with Gasteiger partial charge in [0.25, 0.3) is 0 Å². The summed E-state index contributed by atoms with van der Waals surface area (Å²) in [7, 11) is 0. The third kappa shape index (κ3) is 1.82. The summed E-state index contributed by atoms with van der Waals surface area (Å²) in [6, 6.07) is 5.64. The van der Waals surface area contributed by atoms with Crippen LogP contribution in [-0.4, -0.2) is 5.11 Å². The molecule has 2 rings (SSSR count). The highest BCUT2D eigenvalue weighted by Crippen LogP contribution is 2.30. The molecule has 0 bridgehead atoms. The van der Waals surface area contributed by atoms with Crippen molar-refractivity contribution in [3.05, 3.63) is 35.4 Å². The van der Waals surface area contributed by atoms with Gasteiger partial charge in [0.15, 0.2) is 0 Å². The Labute approximate surface area is 85.1 Å². The number of benzene rings is 1. The van der Waals surface area contributed by atoms with Crippen LogP contribution in [0.2, 0.25) is 0 Å². The second-order valence-electron chi connectivity index (χ2n) is 3.97. The highest BCUT2D eigenvalue weighted by molar-refractivity contribution is 5.69. The Morgan fingerprint density at radius 3 is 2.71 bits per heavy atom. The van der Waals surface area contributed by atoms with Crippen molar-refractivity contribution in [2.45, 2.75) is 32.6 Å². The highest BCUT2D eigenvalue weighted by Gasteiger charge is 2.08. The molecular weight excluding hydrogens is 172 g/mol. The lowest BCUT2D eigenvalue weighted by molar-refractivity contribution is 0.475. The largest absolute Gasteiger partial charge is 0.508 e. The first kappa shape index (κ1) is 9.32. The zero-order chi connectivity index (χ0) is 9.97. The van der Waals surface area contributed by atoms with Crippen molar-refractivity contribution in [1.29, 1.82) is 0 Å². The number of hydrogen-bond acceptors (Lipinski definition) is 1. The van der Waals surface area contributed by atoms with Crippen LogP contribution >= 0.6 is 0 Å². The fourth-order valence-electron chi connectivity index (χ4n) is 2.09. The van der Waals surface area contributed by atoms with E-state index < -0.39 is 0 Å². The van der Waals surface area contributed by atoms with Crippen molar-refractivity contribution < 1.29 is 5.11 Å². The van der Waals surface area contributed by atoms with E-state index in [9.17, 15) is 5.11 Å². The Balaban J connectivity index is 2.35. The minimum Gasteiger partial charge on any atom is -0.508 e. The van der Waals surface area contributed by atoms with Crippen molar-refractivity contribution >= 4 is 5.57 Å². The average Bonchev–Trinajstić information content (AvgIpc) is 2.19. The van der Waals surface area contributed by atoms with Crippen LogP contribution in [0, 0.1) is 6.92 Å². The maximum Gasteiger partial charge on any atom is 0.115 e. The van der Waals surface area contributed by atoms with Gasteiger partial charge in [-0.15, -0.1) is 0 Å². The summed E-state index contributed by atoms with van der Waals surface area (Å²) in [6.07, 6.45) is 7.34. The third-order valence-corrected chi connectivity index (χ3v) is 2.85. The van der Waals surface area contributed by atoms with Crippen LogP contribution in [0.25, 0.3) is 5.57 Å². The Hall–Kier alpha value is -1.24. The second kappa shape index (κ2) is 3.87. The smallest absolute Gasteiger partial charge is 0.115 e. The van der Waals surface area contributed by atoms with Gasteiger partial charge in [0.2, 0.25) is 0 Å². The molecule has 0 fully saturated rings. The first-order valence-electron chi connectivity index (χ1n) is 5.26. The number of phenolic OH excluding ortho intramolecular Hbond substituents is 1. The fourth-order valence-corrected chi connectivity index (χ4v) is 2.09. The van der Waals surface area contributed by atoms with E-state index in [0.717, 1.165) is 0 Å². The zero-order valence-electron chi connectivity index (χ0n) is 8.59. The van der Waals surface area contributed by atoms with Crippen LogP contribution in [0.1, 0.15) is 36.8 Å². The minimum atomic E-state index is 0.364. The number of aromatic hydroxyl groups is 1. The van der Waals surface area contributed by atoms with Gasteiger partial charge in [-0.1, -0.05) is 12.1 Å². The lowest BCUT2D eigenvalue weighted by atomic mass is 9.91. The van der Waals surface area contributed by atoms with E-state index in [0.29, 0.717) is 5.75 Å².